The third-order valence-electron chi connectivity index (χ3n) is 2.61. The summed E-state index contributed by atoms with van der Waals surface area (Å²) in [7, 11) is 0. The lowest BCUT2D eigenvalue weighted by atomic mass is 9.88. The van der Waals surface area contributed by atoms with Gasteiger partial charge in [-0.05, 0) is 35.0 Å². The Morgan fingerprint density at radius 2 is 1.56 bits per heavy atom. The van der Waals surface area contributed by atoms with Crippen LogP contribution in [0.5, 0.6) is 0 Å². The van der Waals surface area contributed by atoms with Crippen molar-refractivity contribution in [2.24, 2.45) is 0 Å². The van der Waals surface area contributed by atoms with Gasteiger partial charge in [0.2, 0.25) is 0 Å². The summed E-state index contributed by atoms with van der Waals surface area (Å²) in [5, 5.41) is 0. The fraction of sp³-hybridized carbons (Fsp3) is 0.600. The SMILES string of the molecule is C=C(C)c1cc(C(C)(C)C)sc1C(C)(C)C. The van der Waals surface area contributed by atoms with Gasteiger partial charge >= 0.3 is 0 Å². The van der Waals surface area contributed by atoms with Crippen molar-refractivity contribution < 1.29 is 0 Å². The van der Waals surface area contributed by atoms with Crippen LogP contribution in [0.3, 0.4) is 0 Å². The molecule has 0 saturated carbocycles. The van der Waals surface area contributed by atoms with Crippen LogP contribution in [0.4, 0.5) is 0 Å². The standard InChI is InChI=1S/C15H24S/c1-10(2)11-9-12(14(3,4)5)16-13(11)15(6,7)8/h9H,1H2,2-8H3. The molecule has 1 aromatic rings. The molecule has 0 nitrogen and oxygen atoms in total. The first-order valence-electron chi connectivity index (χ1n) is 5.84. The van der Waals surface area contributed by atoms with Crippen molar-refractivity contribution in [3.63, 3.8) is 0 Å². The van der Waals surface area contributed by atoms with Gasteiger partial charge < -0.3 is 0 Å². The van der Waals surface area contributed by atoms with Crippen LogP contribution in [0.2, 0.25) is 0 Å². The lowest BCUT2D eigenvalue weighted by Crippen LogP contribution is -2.10. The molecule has 1 aromatic heterocycles. The smallest absolute Gasteiger partial charge is 0.0177 e. The molecule has 0 aliphatic carbocycles. The zero-order valence-electron chi connectivity index (χ0n) is 11.7. The average molecular weight is 236 g/mol. The fourth-order valence-corrected chi connectivity index (χ4v) is 2.99. The molecule has 0 atom stereocenters. The van der Waals surface area contributed by atoms with Gasteiger partial charge in [-0.15, -0.1) is 11.3 Å². The van der Waals surface area contributed by atoms with Crippen LogP contribution in [-0.4, -0.2) is 0 Å². The summed E-state index contributed by atoms with van der Waals surface area (Å²) in [6.07, 6.45) is 0. The van der Waals surface area contributed by atoms with Crippen LogP contribution in [0.25, 0.3) is 5.57 Å². The second-order valence-corrected chi connectivity index (χ2v) is 7.69. The highest BCUT2D eigenvalue weighted by atomic mass is 32.1. The topological polar surface area (TPSA) is 0 Å². The Balaban J connectivity index is 3.38. The normalized spacial score (nSPS) is 12.9. The third kappa shape index (κ3) is 2.76. The van der Waals surface area contributed by atoms with Crippen LogP contribution >= 0.6 is 11.3 Å². The molecule has 0 fully saturated rings. The van der Waals surface area contributed by atoms with Crippen LogP contribution in [0.1, 0.15) is 63.8 Å². The van der Waals surface area contributed by atoms with Crippen LogP contribution in [-0.2, 0) is 10.8 Å². The highest BCUT2D eigenvalue weighted by Gasteiger charge is 2.25. The Labute approximate surface area is 104 Å². The Morgan fingerprint density at radius 3 is 1.81 bits per heavy atom. The van der Waals surface area contributed by atoms with E-state index in [0.717, 1.165) is 0 Å². The molecule has 0 radical (unpaired) electrons. The minimum Gasteiger partial charge on any atom is -0.144 e. The predicted octanol–water partition coefficient (Wildman–Crippen LogP) is 5.38. The van der Waals surface area contributed by atoms with Gasteiger partial charge in [-0.2, -0.15) is 0 Å². The molecule has 0 spiro atoms. The zero-order chi connectivity index (χ0) is 12.7. The van der Waals surface area contributed by atoms with Crippen molar-refractivity contribution in [3.05, 3.63) is 28.0 Å². The van der Waals surface area contributed by atoms with E-state index in [9.17, 15) is 0 Å². The van der Waals surface area contributed by atoms with E-state index in [1.54, 1.807) is 0 Å². The summed E-state index contributed by atoms with van der Waals surface area (Å²) in [6.45, 7) is 19.8. The van der Waals surface area contributed by atoms with E-state index >= 15 is 0 Å². The zero-order valence-corrected chi connectivity index (χ0v) is 12.5. The molecular formula is C15H24S. The van der Waals surface area contributed by atoms with Gasteiger partial charge in [-0.3, -0.25) is 0 Å². The fourth-order valence-electron chi connectivity index (χ4n) is 1.63. The minimum absolute atomic E-state index is 0.211. The Bertz CT molecular complexity index is 394. The molecule has 0 aliphatic rings. The van der Waals surface area contributed by atoms with Gasteiger partial charge in [0.25, 0.3) is 0 Å². The van der Waals surface area contributed by atoms with Crippen LogP contribution in [0, 0.1) is 0 Å². The van der Waals surface area contributed by atoms with Crippen LogP contribution in [0.15, 0.2) is 12.6 Å². The first kappa shape index (κ1) is 13.5. The van der Waals surface area contributed by atoms with Gasteiger partial charge in [0, 0.05) is 9.75 Å². The monoisotopic (exact) mass is 236 g/mol. The molecule has 16 heavy (non-hydrogen) atoms. The summed E-state index contributed by atoms with van der Waals surface area (Å²) in [6, 6.07) is 2.33. The van der Waals surface area contributed by atoms with Gasteiger partial charge in [-0.25, -0.2) is 0 Å². The summed E-state index contributed by atoms with van der Waals surface area (Å²) in [5.41, 5.74) is 2.97. The van der Waals surface area contributed by atoms with Crippen LogP contribution < -0.4 is 0 Å². The summed E-state index contributed by atoms with van der Waals surface area (Å²) in [4.78, 5) is 2.92. The maximum absolute atomic E-state index is 4.10. The van der Waals surface area contributed by atoms with E-state index < -0.39 is 0 Å². The summed E-state index contributed by atoms with van der Waals surface area (Å²) in [5.74, 6) is 0. The molecule has 0 aliphatic heterocycles. The number of thiophene rings is 1. The Kier molecular flexibility index (Phi) is 3.40. The van der Waals surface area contributed by atoms with E-state index in [-0.39, 0.29) is 10.8 Å². The molecule has 1 rings (SSSR count). The molecule has 0 aromatic carbocycles. The number of rotatable bonds is 1. The van der Waals surface area contributed by atoms with Gasteiger partial charge in [0.05, 0.1) is 0 Å². The van der Waals surface area contributed by atoms with Crippen molar-refractivity contribution in [3.8, 4) is 0 Å². The molecule has 0 saturated heterocycles. The van der Waals surface area contributed by atoms with Crippen molar-refractivity contribution in [1.29, 1.82) is 0 Å². The van der Waals surface area contributed by atoms with Crippen molar-refractivity contribution in [2.75, 3.05) is 0 Å². The summed E-state index contributed by atoms with van der Waals surface area (Å²) >= 11 is 1.94. The number of allylic oxidation sites excluding steroid dienone is 1. The lowest BCUT2D eigenvalue weighted by molar-refractivity contribution is 0.601. The van der Waals surface area contributed by atoms with E-state index in [2.05, 4.69) is 61.1 Å². The average Bonchev–Trinajstić information content (AvgIpc) is 2.44. The maximum atomic E-state index is 4.10. The minimum atomic E-state index is 0.211. The highest BCUT2D eigenvalue weighted by molar-refractivity contribution is 7.12. The predicted molar refractivity (Wildman–Crippen MR) is 76.4 cm³/mol. The molecular weight excluding hydrogens is 212 g/mol. The van der Waals surface area contributed by atoms with Crippen molar-refractivity contribution in [2.45, 2.75) is 59.3 Å². The highest BCUT2D eigenvalue weighted by Crippen LogP contribution is 2.40. The van der Waals surface area contributed by atoms with E-state index in [0.29, 0.717) is 0 Å². The third-order valence-corrected chi connectivity index (χ3v) is 4.60. The molecule has 1 heteroatoms. The van der Waals surface area contributed by atoms with Gasteiger partial charge in [-0.1, -0.05) is 48.1 Å². The summed E-state index contributed by atoms with van der Waals surface area (Å²) < 4.78 is 0. The van der Waals surface area contributed by atoms with Crippen molar-refractivity contribution in [1.82, 2.24) is 0 Å². The molecule has 1 heterocycles. The van der Waals surface area contributed by atoms with Crippen molar-refractivity contribution >= 4 is 16.9 Å². The second kappa shape index (κ2) is 4.03. The Hall–Kier alpha value is -0.560. The molecule has 0 N–H and O–H groups in total. The largest absolute Gasteiger partial charge is 0.144 e. The number of hydrogen-bond donors (Lipinski definition) is 0. The first-order chi connectivity index (χ1) is 7.03. The van der Waals surface area contributed by atoms with Gasteiger partial charge in [0.15, 0.2) is 0 Å². The second-order valence-electron chi connectivity index (χ2n) is 6.63. The lowest BCUT2D eigenvalue weighted by Gasteiger charge is -2.19. The first-order valence-corrected chi connectivity index (χ1v) is 6.66. The van der Waals surface area contributed by atoms with E-state index in [1.807, 2.05) is 11.3 Å². The number of hydrogen-bond acceptors (Lipinski definition) is 1. The quantitative estimate of drug-likeness (QED) is 0.614. The molecule has 90 valence electrons. The molecule has 0 amide bonds. The maximum Gasteiger partial charge on any atom is 0.0177 e. The van der Waals surface area contributed by atoms with Gasteiger partial charge in [0.1, 0.15) is 0 Å². The van der Waals surface area contributed by atoms with E-state index in [4.69, 9.17) is 0 Å². The van der Waals surface area contributed by atoms with E-state index in [1.165, 1.54) is 20.9 Å². The Morgan fingerprint density at radius 1 is 1.06 bits per heavy atom. The molecule has 0 bridgehead atoms. The molecule has 0 unspecified atom stereocenters.